The number of rotatable bonds is 4. The first-order valence-electron chi connectivity index (χ1n) is 8.22. The molecule has 0 bridgehead atoms. The second kappa shape index (κ2) is 6.95. The molecule has 0 aliphatic rings. The van der Waals surface area contributed by atoms with Crippen molar-refractivity contribution in [2.24, 2.45) is 0 Å². The molecule has 27 heavy (non-hydrogen) atoms. The molecule has 2 aromatic carbocycles. The first kappa shape index (κ1) is 16.8. The molecule has 1 N–H and O–H groups in total. The van der Waals surface area contributed by atoms with Crippen molar-refractivity contribution in [3.63, 3.8) is 0 Å². The van der Waals surface area contributed by atoms with Crippen LogP contribution < -0.4 is 5.43 Å². The monoisotopic (exact) mass is 364 g/mol. The lowest BCUT2D eigenvalue weighted by Gasteiger charge is -2.08. The van der Waals surface area contributed by atoms with Crippen molar-refractivity contribution < 1.29 is 13.6 Å². The van der Waals surface area contributed by atoms with Crippen LogP contribution in [0.1, 0.15) is 21.7 Å². The van der Waals surface area contributed by atoms with Crippen molar-refractivity contribution in [1.29, 1.82) is 0 Å². The highest BCUT2D eigenvalue weighted by Gasteiger charge is 2.10. The fraction of sp³-hybridized carbons (Fsp3) is 0.0500. The van der Waals surface area contributed by atoms with E-state index in [2.05, 4.69) is 15.4 Å². The molecule has 134 valence electrons. The number of carbonyl (C=O) groups is 1. The molecule has 4 aromatic rings. The van der Waals surface area contributed by atoms with Crippen LogP contribution in [0.5, 0.6) is 0 Å². The summed E-state index contributed by atoms with van der Waals surface area (Å²) in [7, 11) is 0. The average Bonchev–Trinajstić information content (AvgIpc) is 3.04. The summed E-state index contributed by atoms with van der Waals surface area (Å²) in [6, 6.07) is 12.2. The SMILES string of the molecule is O=C(Nn1ccc2cc(F)ccc21)c1cnc(Cc2cccc(F)c2)nc1. The maximum atomic E-state index is 13.3. The van der Waals surface area contributed by atoms with Gasteiger partial charge in [-0.15, -0.1) is 0 Å². The van der Waals surface area contributed by atoms with Gasteiger partial charge in [0.2, 0.25) is 0 Å². The van der Waals surface area contributed by atoms with Gasteiger partial charge in [-0.1, -0.05) is 12.1 Å². The number of hydrogen-bond acceptors (Lipinski definition) is 3. The summed E-state index contributed by atoms with van der Waals surface area (Å²) < 4.78 is 28.0. The predicted octanol–water partition coefficient (Wildman–Crippen LogP) is 3.68. The van der Waals surface area contributed by atoms with Gasteiger partial charge in [0.15, 0.2) is 0 Å². The molecule has 0 fully saturated rings. The minimum atomic E-state index is -0.394. The van der Waals surface area contributed by atoms with E-state index < -0.39 is 5.91 Å². The number of amides is 1. The fourth-order valence-corrected chi connectivity index (χ4v) is 2.78. The lowest BCUT2D eigenvalue weighted by atomic mass is 10.1. The first-order valence-corrected chi connectivity index (χ1v) is 8.22. The fourth-order valence-electron chi connectivity index (χ4n) is 2.78. The van der Waals surface area contributed by atoms with Gasteiger partial charge in [-0.3, -0.25) is 14.9 Å². The van der Waals surface area contributed by atoms with Gasteiger partial charge < -0.3 is 0 Å². The summed E-state index contributed by atoms with van der Waals surface area (Å²) in [5.74, 6) is -0.565. The van der Waals surface area contributed by atoms with Crippen molar-refractivity contribution in [2.75, 3.05) is 5.43 Å². The zero-order valence-electron chi connectivity index (χ0n) is 14.1. The quantitative estimate of drug-likeness (QED) is 0.601. The van der Waals surface area contributed by atoms with E-state index in [1.54, 1.807) is 30.5 Å². The Labute approximate surface area is 153 Å². The molecular formula is C20H14F2N4O. The standard InChI is InChI=1S/C20H14F2N4O/c21-16-3-1-2-13(8-16)9-19-23-11-15(12-24-19)20(27)25-26-7-6-14-10-17(22)4-5-18(14)26/h1-8,10-12H,9H2,(H,25,27). The highest BCUT2D eigenvalue weighted by molar-refractivity contribution is 6.00. The Morgan fingerprint density at radius 1 is 1.00 bits per heavy atom. The molecule has 4 rings (SSSR count). The summed E-state index contributed by atoms with van der Waals surface area (Å²) in [5, 5.41) is 0.678. The number of fused-ring (bicyclic) bond motifs is 1. The number of hydrogen-bond donors (Lipinski definition) is 1. The topological polar surface area (TPSA) is 59.8 Å². The maximum absolute atomic E-state index is 13.3. The van der Waals surface area contributed by atoms with Crippen LogP contribution in [-0.4, -0.2) is 20.6 Å². The third-order valence-corrected chi connectivity index (χ3v) is 4.09. The Hall–Kier alpha value is -3.61. The van der Waals surface area contributed by atoms with Gasteiger partial charge in [0.25, 0.3) is 5.91 Å². The molecule has 5 nitrogen and oxygen atoms in total. The van der Waals surface area contributed by atoms with Gasteiger partial charge in [0.05, 0.1) is 11.1 Å². The molecule has 0 unspecified atom stereocenters. The molecule has 0 aliphatic heterocycles. The molecule has 0 atom stereocenters. The van der Waals surface area contributed by atoms with Crippen molar-refractivity contribution in [2.45, 2.75) is 6.42 Å². The van der Waals surface area contributed by atoms with Crippen molar-refractivity contribution in [3.05, 3.63) is 95.7 Å². The molecule has 0 aliphatic carbocycles. The maximum Gasteiger partial charge on any atom is 0.273 e. The normalized spacial score (nSPS) is 10.9. The van der Waals surface area contributed by atoms with Crippen molar-refractivity contribution in [3.8, 4) is 0 Å². The average molecular weight is 364 g/mol. The smallest absolute Gasteiger partial charge is 0.267 e. The van der Waals surface area contributed by atoms with E-state index in [-0.39, 0.29) is 17.2 Å². The van der Waals surface area contributed by atoms with E-state index in [9.17, 15) is 13.6 Å². The molecule has 0 saturated heterocycles. The molecule has 0 saturated carbocycles. The Balaban J connectivity index is 1.48. The number of aromatic nitrogens is 3. The largest absolute Gasteiger partial charge is 0.273 e. The lowest BCUT2D eigenvalue weighted by Crippen LogP contribution is -2.22. The summed E-state index contributed by atoms with van der Waals surface area (Å²) in [4.78, 5) is 20.8. The van der Waals surface area contributed by atoms with Gasteiger partial charge in [-0.05, 0) is 42.0 Å². The van der Waals surface area contributed by atoms with Crippen LogP contribution in [0.2, 0.25) is 0 Å². The van der Waals surface area contributed by atoms with Crippen LogP contribution in [-0.2, 0) is 6.42 Å². The number of nitrogens with one attached hydrogen (secondary N) is 1. The molecule has 1 amide bonds. The minimum absolute atomic E-state index is 0.280. The second-order valence-corrected chi connectivity index (χ2v) is 6.02. The Bertz CT molecular complexity index is 1120. The van der Waals surface area contributed by atoms with Gasteiger partial charge in [0.1, 0.15) is 17.5 Å². The third kappa shape index (κ3) is 3.67. The highest BCUT2D eigenvalue weighted by Crippen LogP contribution is 2.16. The predicted molar refractivity (Wildman–Crippen MR) is 96.8 cm³/mol. The van der Waals surface area contributed by atoms with E-state index in [4.69, 9.17) is 0 Å². The Kier molecular flexibility index (Phi) is 4.33. The molecule has 0 spiro atoms. The molecule has 7 heteroatoms. The van der Waals surface area contributed by atoms with Crippen LogP contribution in [0.15, 0.2) is 67.1 Å². The number of halogens is 2. The van der Waals surface area contributed by atoms with Gasteiger partial charge in [-0.2, -0.15) is 0 Å². The van der Waals surface area contributed by atoms with Gasteiger partial charge >= 0.3 is 0 Å². The zero-order chi connectivity index (χ0) is 18.8. The van der Waals surface area contributed by atoms with Crippen molar-refractivity contribution >= 4 is 16.8 Å². The van der Waals surface area contributed by atoms with E-state index >= 15 is 0 Å². The number of carbonyl (C=O) groups excluding carboxylic acids is 1. The summed E-state index contributed by atoms with van der Waals surface area (Å²) in [6.07, 6.45) is 4.85. The summed E-state index contributed by atoms with van der Waals surface area (Å²) >= 11 is 0. The van der Waals surface area contributed by atoms with E-state index in [1.165, 1.54) is 41.3 Å². The summed E-state index contributed by atoms with van der Waals surface area (Å²) in [6.45, 7) is 0. The number of nitrogens with zero attached hydrogens (tertiary/aromatic N) is 3. The second-order valence-electron chi connectivity index (χ2n) is 6.02. The van der Waals surface area contributed by atoms with Gasteiger partial charge in [-0.25, -0.2) is 18.7 Å². The molecular weight excluding hydrogens is 350 g/mol. The van der Waals surface area contributed by atoms with E-state index in [0.29, 0.717) is 23.1 Å². The number of benzene rings is 2. The zero-order valence-corrected chi connectivity index (χ0v) is 14.1. The van der Waals surface area contributed by atoms with Crippen LogP contribution in [0, 0.1) is 11.6 Å². The van der Waals surface area contributed by atoms with Crippen molar-refractivity contribution in [1.82, 2.24) is 14.6 Å². The van der Waals surface area contributed by atoms with Crippen LogP contribution in [0.25, 0.3) is 10.9 Å². The van der Waals surface area contributed by atoms with Crippen LogP contribution >= 0.6 is 0 Å². The Morgan fingerprint density at radius 2 is 1.78 bits per heavy atom. The first-order chi connectivity index (χ1) is 13.1. The Morgan fingerprint density at radius 3 is 2.56 bits per heavy atom. The molecule has 0 radical (unpaired) electrons. The van der Waals surface area contributed by atoms with Crippen LogP contribution in [0.4, 0.5) is 8.78 Å². The highest BCUT2D eigenvalue weighted by atomic mass is 19.1. The molecule has 2 aromatic heterocycles. The van der Waals surface area contributed by atoms with Crippen LogP contribution in [0.3, 0.4) is 0 Å². The molecule has 2 heterocycles. The van der Waals surface area contributed by atoms with E-state index in [0.717, 1.165) is 5.56 Å². The summed E-state index contributed by atoms with van der Waals surface area (Å²) in [5.41, 5.74) is 4.41. The van der Waals surface area contributed by atoms with E-state index in [1.807, 2.05) is 0 Å². The third-order valence-electron chi connectivity index (χ3n) is 4.09. The minimum Gasteiger partial charge on any atom is -0.267 e. The lowest BCUT2D eigenvalue weighted by molar-refractivity contribution is 0.101. The van der Waals surface area contributed by atoms with Gasteiger partial charge in [0, 0.05) is 30.4 Å².